The van der Waals surface area contributed by atoms with Gasteiger partial charge in [0.2, 0.25) is 15.9 Å². The maximum absolute atomic E-state index is 12.9. The molecule has 7 heteroatoms. The van der Waals surface area contributed by atoms with E-state index in [1.54, 1.807) is 19.1 Å². The summed E-state index contributed by atoms with van der Waals surface area (Å²) in [4.78, 5) is 11.6. The first kappa shape index (κ1) is 18.6. The van der Waals surface area contributed by atoms with Crippen LogP contribution in [0.3, 0.4) is 0 Å². The van der Waals surface area contributed by atoms with Gasteiger partial charge in [-0.25, -0.2) is 8.42 Å². The van der Waals surface area contributed by atoms with Crippen LogP contribution in [0.5, 0.6) is 0 Å². The van der Waals surface area contributed by atoms with Gasteiger partial charge in [0.1, 0.15) is 0 Å². The zero-order chi connectivity index (χ0) is 18.7. The number of hydrogen-bond donors (Lipinski definition) is 2. The first-order valence-electron chi connectivity index (χ1n) is 8.62. The number of sulfonamides is 1. The van der Waals surface area contributed by atoms with Crippen LogP contribution in [0.15, 0.2) is 59.5 Å². The molecule has 1 saturated heterocycles. The predicted octanol–water partition coefficient (Wildman–Crippen LogP) is 2.15. The molecule has 1 amide bonds. The Morgan fingerprint density at radius 2 is 1.77 bits per heavy atom. The van der Waals surface area contributed by atoms with Crippen molar-refractivity contribution in [2.45, 2.75) is 30.2 Å². The van der Waals surface area contributed by atoms with E-state index in [-0.39, 0.29) is 29.3 Å². The maximum atomic E-state index is 12.9. The second kappa shape index (κ2) is 7.57. The van der Waals surface area contributed by atoms with Crippen molar-refractivity contribution in [1.82, 2.24) is 4.31 Å². The first-order chi connectivity index (χ1) is 12.4. The Bertz CT molecular complexity index is 867. The Morgan fingerprint density at radius 3 is 2.38 bits per heavy atom. The molecule has 2 aromatic rings. The van der Waals surface area contributed by atoms with Crippen molar-refractivity contribution in [3.8, 4) is 0 Å². The molecule has 2 atom stereocenters. The molecule has 0 saturated carbocycles. The van der Waals surface area contributed by atoms with Crippen molar-refractivity contribution in [1.29, 1.82) is 0 Å². The fraction of sp³-hybridized carbons (Fsp3) is 0.316. The Kier molecular flexibility index (Phi) is 5.41. The lowest BCUT2D eigenvalue weighted by atomic mass is 9.95. The SMILES string of the molecule is CCC(=O)Nc1ccc(S(=O)(=O)N2C[C@@H](N)[C@H](c3ccccc3)C2)cc1. The van der Waals surface area contributed by atoms with Crippen LogP contribution in [0.4, 0.5) is 5.69 Å². The first-order valence-corrected chi connectivity index (χ1v) is 10.1. The van der Waals surface area contributed by atoms with Gasteiger partial charge in [0.15, 0.2) is 0 Å². The van der Waals surface area contributed by atoms with Crippen LogP contribution in [-0.2, 0) is 14.8 Å². The van der Waals surface area contributed by atoms with Gasteiger partial charge in [0, 0.05) is 37.2 Å². The molecule has 1 fully saturated rings. The van der Waals surface area contributed by atoms with Gasteiger partial charge < -0.3 is 11.1 Å². The molecule has 26 heavy (non-hydrogen) atoms. The van der Waals surface area contributed by atoms with E-state index in [1.165, 1.54) is 16.4 Å². The minimum atomic E-state index is -3.62. The zero-order valence-corrected chi connectivity index (χ0v) is 15.4. The Hall–Kier alpha value is -2.22. The molecule has 0 radical (unpaired) electrons. The number of carbonyl (C=O) groups is 1. The third-order valence-corrected chi connectivity index (χ3v) is 6.50. The third kappa shape index (κ3) is 3.80. The van der Waals surface area contributed by atoms with Crippen LogP contribution in [0.2, 0.25) is 0 Å². The number of hydrogen-bond acceptors (Lipinski definition) is 4. The van der Waals surface area contributed by atoms with E-state index in [0.29, 0.717) is 18.7 Å². The molecule has 0 unspecified atom stereocenters. The number of rotatable bonds is 5. The average molecular weight is 373 g/mol. The Morgan fingerprint density at radius 1 is 1.12 bits per heavy atom. The van der Waals surface area contributed by atoms with Crippen molar-refractivity contribution in [2.75, 3.05) is 18.4 Å². The minimum Gasteiger partial charge on any atom is -0.326 e. The molecular formula is C19H23N3O3S. The van der Waals surface area contributed by atoms with Crippen LogP contribution < -0.4 is 11.1 Å². The third-order valence-electron chi connectivity index (χ3n) is 4.66. The average Bonchev–Trinajstić information content (AvgIpc) is 3.05. The van der Waals surface area contributed by atoms with E-state index in [1.807, 2.05) is 30.3 Å². The number of benzene rings is 2. The van der Waals surface area contributed by atoms with Crippen LogP contribution in [0.1, 0.15) is 24.8 Å². The highest BCUT2D eigenvalue weighted by molar-refractivity contribution is 7.89. The van der Waals surface area contributed by atoms with Crippen LogP contribution in [-0.4, -0.2) is 37.8 Å². The second-order valence-corrected chi connectivity index (χ2v) is 8.37. The number of nitrogens with two attached hydrogens (primary N) is 1. The fourth-order valence-electron chi connectivity index (χ4n) is 3.15. The molecule has 138 valence electrons. The molecule has 3 N–H and O–H groups in total. The van der Waals surface area contributed by atoms with Gasteiger partial charge in [-0.15, -0.1) is 0 Å². The van der Waals surface area contributed by atoms with E-state index in [4.69, 9.17) is 5.73 Å². The molecule has 1 heterocycles. The van der Waals surface area contributed by atoms with Crippen molar-refractivity contribution < 1.29 is 13.2 Å². The van der Waals surface area contributed by atoms with Crippen molar-refractivity contribution in [3.05, 3.63) is 60.2 Å². The van der Waals surface area contributed by atoms with Crippen LogP contribution >= 0.6 is 0 Å². The molecule has 1 aliphatic heterocycles. The second-order valence-electron chi connectivity index (χ2n) is 6.43. The summed E-state index contributed by atoms with van der Waals surface area (Å²) < 4.78 is 27.3. The smallest absolute Gasteiger partial charge is 0.243 e. The lowest BCUT2D eigenvalue weighted by Crippen LogP contribution is -2.32. The van der Waals surface area contributed by atoms with Crippen LogP contribution in [0, 0.1) is 0 Å². The monoisotopic (exact) mass is 373 g/mol. The van der Waals surface area contributed by atoms with Gasteiger partial charge in [0.25, 0.3) is 0 Å². The standard InChI is InChI=1S/C19H23N3O3S/c1-2-19(23)21-15-8-10-16(11-9-15)26(24,25)22-12-17(18(20)13-22)14-6-4-3-5-7-14/h3-11,17-18H,2,12-13,20H2,1H3,(H,21,23)/t17-,18+/m0/s1. The lowest BCUT2D eigenvalue weighted by Gasteiger charge is -2.17. The van der Waals surface area contributed by atoms with Gasteiger partial charge in [-0.05, 0) is 29.8 Å². The summed E-state index contributed by atoms with van der Waals surface area (Å²) in [5, 5.41) is 2.71. The molecule has 6 nitrogen and oxygen atoms in total. The number of amides is 1. The molecule has 3 rings (SSSR count). The largest absolute Gasteiger partial charge is 0.326 e. The summed E-state index contributed by atoms with van der Waals surface area (Å²) in [6.07, 6.45) is 0.368. The van der Waals surface area contributed by atoms with Gasteiger partial charge in [-0.2, -0.15) is 4.31 Å². The number of carbonyl (C=O) groups excluding carboxylic acids is 1. The van der Waals surface area contributed by atoms with Crippen molar-refractivity contribution in [2.24, 2.45) is 5.73 Å². The quantitative estimate of drug-likeness (QED) is 0.840. The highest BCUT2D eigenvalue weighted by Crippen LogP contribution is 2.30. The van der Waals surface area contributed by atoms with Crippen molar-refractivity contribution in [3.63, 3.8) is 0 Å². The Balaban J connectivity index is 1.77. The van der Waals surface area contributed by atoms with Gasteiger partial charge in [0.05, 0.1) is 4.90 Å². The summed E-state index contributed by atoms with van der Waals surface area (Å²) in [7, 11) is -3.62. The molecule has 0 spiro atoms. The summed E-state index contributed by atoms with van der Waals surface area (Å²) in [6.45, 7) is 2.41. The van der Waals surface area contributed by atoms with E-state index < -0.39 is 10.0 Å². The van der Waals surface area contributed by atoms with Crippen molar-refractivity contribution >= 4 is 21.6 Å². The molecule has 1 aliphatic rings. The number of nitrogens with zero attached hydrogens (tertiary/aromatic N) is 1. The highest BCUT2D eigenvalue weighted by Gasteiger charge is 2.38. The van der Waals surface area contributed by atoms with Crippen LogP contribution in [0.25, 0.3) is 0 Å². The zero-order valence-electron chi connectivity index (χ0n) is 14.6. The fourth-order valence-corrected chi connectivity index (χ4v) is 4.65. The lowest BCUT2D eigenvalue weighted by molar-refractivity contribution is -0.115. The minimum absolute atomic E-state index is 0.0194. The molecule has 0 bridgehead atoms. The number of anilines is 1. The predicted molar refractivity (Wildman–Crippen MR) is 101 cm³/mol. The molecule has 0 aliphatic carbocycles. The summed E-state index contributed by atoms with van der Waals surface area (Å²) in [6, 6.07) is 15.7. The van der Waals surface area contributed by atoms with Gasteiger partial charge >= 0.3 is 0 Å². The highest BCUT2D eigenvalue weighted by atomic mass is 32.2. The maximum Gasteiger partial charge on any atom is 0.243 e. The van der Waals surface area contributed by atoms with E-state index in [0.717, 1.165) is 5.56 Å². The topological polar surface area (TPSA) is 92.5 Å². The van der Waals surface area contributed by atoms with E-state index in [2.05, 4.69) is 5.32 Å². The normalized spacial score (nSPS) is 20.8. The van der Waals surface area contributed by atoms with Gasteiger partial charge in [-0.3, -0.25) is 4.79 Å². The summed E-state index contributed by atoms with van der Waals surface area (Å²) in [5.74, 6) is -0.133. The Labute approximate surface area is 154 Å². The summed E-state index contributed by atoms with van der Waals surface area (Å²) >= 11 is 0. The molecular weight excluding hydrogens is 350 g/mol. The molecule has 2 aromatic carbocycles. The number of nitrogens with one attached hydrogen (secondary N) is 1. The van der Waals surface area contributed by atoms with Gasteiger partial charge in [-0.1, -0.05) is 37.3 Å². The van der Waals surface area contributed by atoms with E-state index in [9.17, 15) is 13.2 Å². The van der Waals surface area contributed by atoms with E-state index >= 15 is 0 Å². The molecule has 0 aromatic heterocycles. The summed E-state index contributed by atoms with van der Waals surface area (Å²) in [5.41, 5.74) is 7.85.